The van der Waals surface area contributed by atoms with Crippen LogP contribution in [0.3, 0.4) is 0 Å². The largest absolute Gasteiger partial charge is 0.462 e. The van der Waals surface area contributed by atoms with Gasteiger partial charge in [0.25, 0.3) is 0 Å². The van der Waals surface area contributed by atoms with Crippen molar-refractivity contribution in [3.05, 3.63) is 64.7 Å². The van der Waals surface area contributed by atoms with Gasteiger partial charge in [0.1, 0.15) is 11.0 Å². The number of carbonyl (C=O) groups is 2. The average molecular weight is 308 g/mol. The number of carbonyl (C=O) groups excluding carboxylic acids is 2. The molecule has 0 atom stereocenters. The first-order valence-electron chi connectivity index (χ1n) is 6.14. The standard InChI is InChI=1S/C15H11ClFNO3/c16-14-12(2-1-8-18-14)13(19)7-9-21-15(20)10-3-5-11(17)6-4-10/h1-6,8H,7,9H2. The lowest BCUT2D eigenvalue weighted by Crippen LogP contribution is -2.11. The quantitative estimate of drug-likeness (QED) is 0.483. The van der Waals surface area contributed by atoms with Crippen LogP contribution in [0.2, 0.25) is 5.15 Å². The molecule has 0 fully saturated rings. The van der Waals surface area contributed by atoms with Crippen molar-refractivity contribution in [1.29, 1.82) is 0 Å². The Hall–Kier alpha value is -2.27. The summed E-state index contributed by atoms with van der Waals surface area (Å²) >= 11 is 5.80. The van der Waals surface area contributed by atoms with Gasteiger partial charge in [-0.3, -0.25) is 4.79 Å². The van der Waals surface area contributed by atoms with Crippen molar-refractivity contribution < 1.29 is 18.7 Å². The van der Waals surface area contributed by atoms with Crippen LogP contribution in [-0.4, -0.2) is 23.3 Å². The minimum absolute atomic E-state index is 0.00164. The van der Waals surface area contributed by atoms with Gasteiger partial charge in [0.15, 0.2) is 5.78 Å². The van der Waals surface area contributed by atoms with E-state index in [4.69, 9.17) is 16.3 Å². The first-order valence-corrected chi connectivity index (χ1v) is 6.52. The summed E-state index contributed by atoms with van der Waals surface area (Å²) in [5.41, 5.74) is 0.514. The van der Waals surface area contributed by atoms with Crippen LogP contribution in [0.15, 0.2) is 42.6 Å². The molecule has 0 amide bonds. The minimum Gasteiger partial charge on any atom is -0.462 e. The summed E-state index contributed by atoms with van der Waals surface area (Å²) in [5.74, 6) is -1.31. The van der Waals surface area contributed by atoms with Crippen molar-refractivity contribution >= 4 is 23.4 Å². The van der Waals surface area contributed by atoms with Crippen LogP contribution in [0.4, 0.5) is 4.39 Å². The molecular formula is C15H11ClFNO3. The molecule has 0 N–H and O–H groups in total. The Morgan fingerprint density at radius 2 is 1.90 bits per heavy atom. The topological polar surface area (TPSA) is 56.3 Å². The highest BCUT2D eigenvalue weighted by atomic mass is 35.5. The maximum Gasteiger partial charge on any atom is 0.338 e. The Bertz CT molecular complexity index is 658. The maximum absolute atomic E-state index is 12.7. The van der Waals surface area contributed by atoms with E-state index in [-0.39, 0.29) is 35.1 Å². The van der Waals surface area contributed by atoms with Crippen LogP contribution < -0.4 is 0 Å². The number of ether oxygens (including phenoxy) is 1. The highest BCUT2D eigenvalue weighted by Gasteiger charge is 2.12. The van der Waals surface area contributed by atoms with Crippen LogP contribution in [0.25, 0.3) is 0 Å². The Balaban J connectivity index is 1.87. The van der Waals surface area contributed by atoms with E-state index in [0.29, 0.717) is 0 Å². The van der Waals surface area contributed by atoms with E-state index in [2.05, 4.69) is 4.98 Å². The fourth-order valence-electron chi connectivity index (χ4n) is 1.63. The van der Waals surface area contributed by atoms with Crippen LogP contribution in [0.5, 0.6) is 0 Å². The van der Waals surface area contributed by atoms with E-state index < -0.39 is 11.8 Å². The number of aromatic nitrogens is 1. The molecule has 4 nitrogen and oxygen atoms in total. The Labute approximate surface area is 125 Å². The summed E-state index contributed by atoms with van der Waals surface area (Å²) in [4.78, 5) is 27.3. The van der Waals surface area contributed by atoms with E-state index in [1.807, 2.05) is 0 Å². The first-order chi connectivity index (χ1) is 10.1. The Morgan fingerprint density at radius 1 is 1.19 bits per heavy atom. The van der Waals surface area contributed by atoms with E-state index >= 15 is 0 Å². The molecule has 0 radical (unpaired) electrons. The number of pyridine rings is 1. The lowest BCUT2D eigenvalue weighted by molar-refractivity contribution is 0.0496. The average Bonchev–Trinajstić information content (AvgIpc) is 2.48. The molecule has 6 heteroatoms. The van der Waals surface area contributed by atoms with Crippen molar-refractivity contribution in [2.75, 3.05) is 6.61 Å². The van der Waals surface area contributed by atoms with Gasteiger partial charge in [-0.15, -0.1) is 0 Å². The molecule has 0 saturated heterocycles. The van der Waals surface area contributed by atoms with E-state index in [0.717, 1.165) is 12.1 Å². The second-order valence-corrected chi connectivity index (χ2v) is 4.52. The number of esters is 1. The summed E-state index contributed by atoms with van der Waals surface area (Å²) in [6, 6.07) is 8.12. The van der Waals surface area contributed by atoms with E-state index in [9.17, 15) is 14.0 Å². The van der Waals surface area contributed by atoms with Crippen molar-refractivity contribution in [3.63, 3.8) is 0 Å². The smallest absolute Gasteiger partial charge is 0.338 e. The number of hydrogen-bond donors (Lipinski definition) is 0. The van der Waals surface area contributed by atoms with Crippen molar-refractivity contribution in [3.8, 4) is 0 Å². The number of halogens is 2. The van der Waals surface area contributed by atoms with Crippen LogP contribution in [0.1, 0.15) is 27.1 Å². The van der Waals surface area contributed by atoms with Crippen LogP contribution in [0, 0.1) is 5.82 Å². The molecule has 0 aliphatic carbocycles. The molecular weight excluding hydrogens is 297 g/mol. The number of hydrogen-bond acceptors (Lipinski definition) is 4. The molecule has 0 aliphatic rings. The second kappa shape index (κ2) is 6.95. The third-order valence-electron chi connectivity index (χ3n) is 2.70. The molecule has 0 saturated carbocycles. The summed E-state index contributed by atoms with van der Waals surface area (Å²) < 4.78 is 17.7. The van der Waals surface area contributed by atoms with Crippen molar-refractivity contribution in [2.24, 2.45) is 0 Å². The predicted molar refractivity (Wildman–Crippen MR) is 74.9 cm³/mol. The molecule has 0 spiro atoms. The molecule has 2 rings (SSSR count). The predicted octanol–water partition coefficient (Wildman–Crippen LogP) is 3.30. The highest BCUT2D eigenvalue weighted by Crippen LogP contribution is 2.14. The van der Waals surface area contributed by atoms with Gasteiger partial charge >= 0.3 is 5.97 Å². The number of rotatable bonds is 5. The molecule has 0 aliphatic heterocycles. The Morgan fingerprint density at radius 3 is 2.57 bits per heavy atom. The fraction of sp³-hybridized carbons (Fsp3) is 0.133. The SMILES string of the molecule is O=C(OCCC(=O)c1cccnc1Cl)c1ccc(F)cc1. The molecule has 1 aromatic carbocycles. The monoisotopic (exact) mass is 307 g/mol. The lowest BCUT2D eigenvalue weighted by Gasteiger charge is -2.05. The summed E-state index contributed by atoms with van der Waals surface area (Å²) in [6.45, 7) is -0.0831. The van der Waals surface area contributed by atoms with E-state index in [1.165, 1.54) is 18.3 Å². The van der Waals surface area contributed by atoms with Gasteiger partial charge in [-0.1, -0.05) is 11.6 Å². The zero-order valence-corrected chi connectivity index (χ0v) is 11.6. The van der Waals surface area contributed by atoms with Gasteiger partial charge in [0.05, 0.1) is 17.7 Å². The molecule has 108 valence electrons. The van der Waals surface area contributed by atoms with E-state index in [1.54, 1.807) is 12.1 Å². The maximum atomic E-state index is 12.7. The van der Waals surface area contributed by atoms with Crippen LogP contribution >= 0.6 is 11.6 Å². The lowest BCUT2D eigenvalue weighted by atomic mass is 10.1. The van der Waals surface area contributed by atoms with Gasteiger partial charge in [0.2, 0.25) is 0 Å². The van der Waals surface area contributed by atoms with Crippen molar-refractivity contribution in [1.82, 2.24) is 4.98 Å². The van der Waals surface area contributed by atoms with Gasteiger partial charge in [-0.2, -0.15) is 0 Å². The van der Waals surface area contributed by atoms with Crippen LogP contribution in [-0.2, 0) is 4.74 Å². The third kappa shape index (κ3) is 4.10. The first kappa shape index (κ1) is 15.1. The zero-order chi connectivity index (χ0) is 15.2. The molecule has 0 unspecified atom stereocenters. The summed E-state index contributed by atoms with van der Waals surface area (Å²) in [5, 5.41) is 0.118. The molecule has 2 aromatic rings. The van der Waals surface area contributed by atoms with Gasteiger partial charge < -0.3 is 4.74 Å². The number of ketones is 1. The minimum atomic E-state index is -0.611. The number of benzene rings is 1. The van der Waals surface area contributed by atoms with Gasteiger partial charge in [0, 0.05) is 12.6 Å². The second-order valence-electron chi connectivity index (χ2n) is 4.16. The normalized spacial score (nSPS) is 10.2. The molecule has 0 bridgehead atoms. The summed E-state index contributed by atoms with van der Waals surface area (Å²) in [7, 11) is 0. The van der Waals surface area contributed by atoms with Gasteiger partial charge in [-0.05, 0) is 36.4 Å². The number of Topliss-reactive ketones (excluding diaryl/α,β-unsaturated/α-hetero) is 1. The highest BCUT2D eigenvalue weighted by molar-refractivity contribution is 6.32. The fourth-order valence-corrected chi connectivity index (χ4v) is 1.86. The molecule has 1 aromatic heterocycles. The number of nitrogens with zero attached hydrogens (tertiary/aromatic N) is 1. The Kier molecular flexibility index (Phi) is 5.00. The van der Waals surface area contributed by atoms with Gasteiger partial charge in [-0.25, -0.2) is 14.2 Å². The third-order valence-corrected chi connectivity index (χ3v) is 3.00. The molecule has 21 heavy (non-hydrogen) atoms. The summed E-state index contributed by atoms with van der Waals surface area (Å²) in [6.07, 6.45) is 1.48. The zero-order valence-electron chi connectivity index (χ0n) is 10.9. The van der Waals surface area contributed by atoms with Crippen molar-refractivity contribution in [2.45, 2.75) is 6.42 Å². The molecule has 1 heterocycles.